The number of aromatic nitrogens is 1. The van der Waals surface area contributed by atoms with Crippen LogP contribution in [0.2, 0.25) is 0 Å². The molecule has 1 N–H and O–H groups in total. The smallest absolute Gasteiger partial charge is 0.106 e. The van der Waals surface area contributed by atoms with Crippen LogP contribution >= 0.6 is 0 Å². The summed E-state index contributed by atoms with van der Waals surface area (Å²) >= 11 is 0. The second kappa shape index (κ2) is 4.45. The lowest BCUT2D eigenvalue weighted by molar-refractivity contribution is 0.218. The molecule has 0 aliphatic heterocycles. The van der Waals surface area contributed by atoms with Crippen molar-refractivity contribution in [3.8, 4) is 0 Å². The summed E-state index contributed by atoms with van der Waals surface area (Å²) in [5.41, 5.74) is 3.97. The second-order valence-corrected chi connectivity index (χ2v) is 3.99. The van der Waals surface area contributed by atoms with Crippen LogP contribution in [0.15, 0.2) is 42.7 Å². The molecular formula is C14H15NO. The molecule has 0 fully saturated rings. The normalized spacial score (nSPS) is 12.4. The van der Waals surface area contributed by atoms with Crippen LogP contribution in [-0.2, 0) is 0 Å². The number of benzene rings is 1. The van der Waals surface area contributed by atoms with Gasteiger partial charge in [-0.1, -0.05) is 24.3 Å². The van der Waals surface area contributed by atoms with E-state index < -0.39 is 6.10 Å². The first-order chi connectivity index (χ1) is 7.70. The summed E-state index contributed by atoms with van der Waals surface area (Å²) in [7, 11) is 0. The fourth-order valence-corrected chi connectivity index (χ4v) is 1.82. The number of aliphatic hydroxyl groups is 1. The maximum Gasteiger partial charge on any atom is 0.106 e. The first-order valence-corrected chi connectivity index (χ1v) is 5.34. The Labute approximate surface area is 95.6 Å². The van der Waals surface area contributed by atoms with E-state index in [0.29, 0.717) is 0 Å². The van der Waals surface area contributed by atoms with Crippen molar-refractivity contribution >= 4 is 0 Å². The summed E-state index contributed by atoms with van der Waals surface area (Å²) in [6.07, 6.45) is 2.88. The molecular weight excluding hydrogens is 198 g/mol. The van der Waals surface area contributed by atoms with Crippen LogP contribution in [-0.4, -0.2) is 10.1 Å². The van der Waals surface area contributed by atoms with E-state index >= 15 is 0 Å². The summed E-state index contributed by atoms with van der Waals surface area (Å²) in [5, 5.41) is 10.3. The highest BCUT2D eigenvalue weighted by Gasteiger charge is 2.14. The number of hydrogen-bond acceptors (Lipinski definition) is 2. The van der Waals surface area contributed by atoms with Gasteiger partial charge in [0, 0.05) is 18.0 Å². The average Bonchev–Trinajstić information content (AvgIpc) is 2.29. The number of rotatable bonds is 2. The third-order valence-corrected chi connectivity index (χ3v) is 2.86. The molecule has 0 radical (unpaired) electrons. The van der Waals surface area contributed by atoms with Gasteiger partial charge in [0.2, 0.25) is 0 Å². The molecule has 1 aromatic heterocycles. The highest BCUT2D eigenvalue weighted by molar-refractivity contribution is 5.36. The molecule has 16 heavy (non-hydrogen) atoms. The molecule has 0 aliphatic carbocycles. The zero-order valence-corrected chi connectivity index (χ0v) is 9.51. The van der Waals surface area contributed by atoms with Gasteiger partial charge in [0.1, 0.15) is 6.10 Å². The minimum atomic E-state index is -0.588. The molecule has 1 atom stereocenters. The molecule has 0 saturated heterocycles. The van der Waals surface area contributed by atoms with Crippen molar-refractivity contribution in [1.29, 1.82) is 0 Å². The Kier molecular flexibility index (Phi) is 3.02. The van der Waals surface area contributed by atoms with Crippen molar-refractivity contribution < 1.29 is 5.11 Å². The summed E-state index contributed by atoms with van der Waals surface area (Å²) < 4.78 is 0. The fourth-order valence-electron chi connectivity index (χ4n) is 1.82. The Morgan fingerprint density at radius 1 is 1.00 bits per heavy atom. The largest absolute Gasteiger partial charge is 0.384 e. The van der Waals surface area contributed by atoms with Crippen molar-refractivity contribution in [2.24, 2.45) is 0 Å². The standard InChI is InChI=1S/C14H15NO/c1-10-5-3-4-6-12(10)14(16)13-9-15-8-7-11(13)2/h3-9,14,16H,1-2H3. The molecule has 1 unspecified atom stereocenters. The average molecular weight is 213 g/mol. The molecule has 82 valence electrons. The van der Waals surface area contributed by atoms with Crippen LogP contribution in [0.1, 0.15) is 28.4 Å². The molecule has 2 nitrogen and oxygen atoms in total. The highest BCUT2D eigenvalue weighted by atomic mass is 16.3. The van der Waals surface area contributed by atoms with Gasteiger partial charge in [-0.2, -0.15) is 0 Å². The zero-order valence-electron chi connectivity index (χ0n) is 9.51. The Morgan fingerprint density at radius 2 is 1.69 bits per heavy atom. The van der Waals surface area contributed by atoms with Gasteiger partial charge in [0.05, 0.1) is 0 Å². The van der Waals surface area contributed by atoms with E-state index in [1.165, 1.54) is 0 Å². The monoisotopic (exact) mass is 213 g/mol. The number of hydrogen-bond donors (Lipinski definition) is 1. The first-order valence-electron chi connectivity index (χ1n) is 5.34. The zero-order chi connectivity index (χ0) is 11.5. The van der Waals surface area contributed by atoms with Crippen molar-refractivity contribution in [3.63, 3.8) is 0 Å². The van der Waals surface area contributed by atoms with Crippen LogP contribution in [0, 0.1) is 13.8 Å². The Hall–Kier alpha value is -1.67. The van der Waals surface area contributed by atoms with Gasteiger partial charge < -0.3 is 5.11 Å². The molecule has 0 saturated carbocycles. The quantitative estimate of drug-likeness (QED) is 0.832. The van der Waals surface area contributed by atoms with Crippen molar-refractivity contribution in [1.82, 2.24) is 4.98 Å². The van der Waals surface area contributed by atoms with E-state index in [9.17, 15) is 5.11 Å². The SMILES string of the molecule is Cc1ccccc1C(O)c1cnccc1C. The van der Waals surface area contributed by atoms with Crippen molar-refractivity contribution in [2.75, 3.05) is 0 Å². The van der Waals surface area contributed by atoms with Crippen LogP contribution in [0.25, 0.3) is 0 Å². The summed E-state index contributed by atoms with van der Waals surface area (Å²) in [6.45, 7) is 3.99. The predicted octanol–water partition coefficient (Wildman–Crippen LogP) is 2.78. The van der Waals surface area contributed by atoms with Crippen molar-refractivity contribution in [3.05, 3.63) is 65.0 Å². The maximum absolute atomic E-state index is 10.3. The number of nitrogens with zero attached hydrogens (tertiary/aromatic N) is 1. The number of aryl methyl sites for hydroxylation is 2. The number of aliphatic hydroxyl groups excluding tert-OH is 1. The minimum Gasteiger partial charge on any atom is -0.384 e. The molecule has 1 aromatic carbocycles. The van der Waals surface area contributed by atoms with E-state index in [1.807, 2.05) is 44.2 Å². The Bertz CT molecular complexity index is 448. The molecule has 0 amide bonds. The van der Waals surface area contributed by atoms with E-state index in [4.69, 9.17) is 0 Å². The lowest BCUT2D eigenvalue weighted by Gasteiger charge is -2.15. The van der Waals surface area contributed by atoms with Gasteiger partial charge >= 0.3 is 0 Å². The van der Waals surface area contributed by atoms with Crippen LogP contribution < -0.4 is 0 Å². The Balaban J connectivity index is 2.44. The Morgan fingerprint density at radius 3 is 2.38 bits per heavy atom. The topological polar surface area (TPSA) is 33.1 Å². The summed E-state index contributed by atoms with van der Waals surface area (Å²) in [5.74, 6) is 0. The van der Waals surface area contributed by atoms with Crippen molar-refractivity contribution in [2.45, 2.75) is 20.0 Å². The van der Waals surface area contributed by atoms with E-state index in [0.717, 1.165) is 22.3 Å². The van der Waals surface area contributed by atoms with E-state index in [1.54, 1.807) is 12.4 Å². The van der Waals surface area contributed by atoms with E-state index in [2.05, 4.69) is 4.98 Å². The van der Waals surface area contributed by atoms with Gasteiger partial charge in [0.25, 0.3) is 0 Å². The van der Waals surface area contributed by atoms with Gasteiger partial charge in [-0.25, -0.2) is 0 Å². The van der Waals surface area contributed by atoms with E-state index in [-0.39, 0.29) is 0 Å². The van der Waals surface area contributed by atoms with Crippen LogP contribution in [0.5, 0.6) is 0 Å². The van der Waals surface area contributed by atoms with Gasteiger partial charge in [-0.3, -0.25) is 4.98 Å². The minimum absolute atomic E-state index is 0.588. The van der Waals surface area contributed by atoms with Gasteiger partial charge in [0.15, 0.2) is 0 Å². The maximum atomic E-state index is 10.3. The molecule has 2 rings (SSSR count). The first kappa shape index (κ1) is 10.8. The third kappa shape index (κ3) is 1.97. The second-order valence-electron chi connectivity index (χ2n) is 3.99. The lowest BCUT2D eigenvalue weighted by atomic mass is 9.96. The molecule has 0 bridgehead atoms. The molecule has 0 aliphatic rings. The van der Waals surface area contributed by atoms with Crippen LogP contribution in [0.3, 0.4) is 0 Å². The number of pyridine rings is 1. The molecule has 2 heteroatoms. The fraction of sp³-hybridized carbons (Fsp3) is 0.214. The summed E-state index contributed by atoms with van der Waals surface area (Å²) in [4.78, 5) is 4.06. The molecule has 1 heterocycles. The summed E-state index contributed by atoms with van der Waals surface area (Å²) in [6, 6.07) is 9.78. The van der Waals surface area contributed by atoms with Crippen LogP contribution in [0.4, 0.5) is 0 Å². The predicted molar refractivity (Wildman–Crippen MR) is 64.2 cm³/mol. The third-order valence-electron chi connectivity index (χ3n) is 2.86. The molecule has 2 aromatic rings. The van der Waals surface area contributed by atoms with Gasteiger partial charge in [-0.05, 0) is 36.6 Å². The lowest BCUT2D eigenvalue weighted by Crippen LogP contribution is -2.04. The highest BCUT2D eigenvalue weighted by Crippen LogP contribution is 2.25. The van der Waals surface area contributed by atoms with Gasteiger partial charge in [-0.15, -0.1) is 0 Å². The molecule has 0 spiro atoms.